The summed E-state index contributed by atoms with van der Waals surface area (Å²) in [6.07, 6.45) is 0. The summed E-state index contributed by atoms with van der Waals surface area (Å²) in [6.45, 7) is 15.4. The zero-order valence-corrected chi connectivity index (χ0v) is 30.3. The molecule has 3 aromatic heterocycles. The molecule has 11 aromatic rings. The minimum absolute atomic E-state index is 0.555. The van der Waals surface area contributed by atoms with Gasteiger partial charge in [-0.2, -0.15) is 5.26 Å². The van der Waals surface area contributed by atoms with E-state index in [9.17, 15) is 5.26 Å². The molecule has 0 aliphatic rings. The number of nitrogens with zero attached hydrogens (tertiary/aromatic N) is 6. The zero-order valence-electron chi connectivity index (χ0n) is 30.3. The van der Waals surface area contributed by atoms with Gasteiger partial charge >= 0.3 is 0 Å². The van der Waals surface area contributed by atoms with Crippen LogP contribution < -0.4 is 0 Å². The lowest BCUT2D eigenvalue weighted by atomic mass is 10.0. The Hall–Kier alpha value is -8.37. The van der Waals surface area contributed by atoms with E-state index in [-0.39, 0.29) is 0 Å². The lowest BCUT2D eigenvalue weighted by molar-refractivity contribution is 1.16. The highest BCUT2D eigenvalue weighted by Crippen LogP contribution is 2.40. The van der Waals surface area contributed by atoms with Gasteiger partial charge in [-0.25, -0.2) is 9.69 Å². The molecule has 0 saturated carbocycles. The van der Waals surface area contributed by atoms with Crippen LogP contribution in [0.4, 0.5) is 11.4 Å². The van der Waals surface area contributed by atoms with Gasteiger partial charge in [0.15, 0.2) is 11.4 Å². The average molecular weight is 725 g/mol. The molecule has 3 heterocycles. The standard InChI is InChI=1S/C51H28N6/c1-53-35-17-22-49-43(28-35)42-11-5-8-14-48(42)55(49)37-19-15-33(16-20-37)34-25-32(31-52)26-39(27-34)57-50-23-18-36(54-2)29-44(50)45-30-38(21-24-51(45)57)56-46-12-6-3-9-40(46)41-10-4-7-13-47(41)56/h3-30H. The van der Waals surface area contributed by atoms with Gasteiger partial charge in [-0.1, -0.05) is 78.9 Å². The predicted octanol–water partition coefficient (Wildman–Crippen LogP) is 13.6. The number of rotatable bonds is 4. The Kier molecular flexibility index (Phi) is 6.95. The largest absolute Gasteiger partial charge is 0.309 e. The third-order valence-electron chi connectivity index (χ3n) is 11.2. The fourth-order valence-electron chi connectivity index (χ4n) is 8.77. The number of fused-ring (bicyclic) bond motifs is 9. The Balaban J connectivity index is 1.08. The van der Waals surface area contributed by atoms with Crippen LogP contribution in [-0.4, -0.2) is 13.7 Å². The second-order valence-corrected chi connectivity index (χ2v) is 14.3. The average Bonchev–Trinajstić information content (AvgIpc) is 3.91. The second-order valence-electron chi connectivity index (χ2n) is 14.3. The van der Waals surface area contributed by atoms with Gasteiger partial charge in [-0.15, -0.1) is 0 Å². The van der Waals surface area contributed by atoms with Gasteiger partial charge in [0.25, 0.3) is 0 Å². The van der Waals surface area contributed by atoms with Crippen LogP contribution in [0.2, 0.25) is 0 Å². The maximum absolute atomic E-state index is 10.3. The van der Waals surface area contributed by atoms with Gasteiger partial charge in [0.2, 0.25) is 0 Å². The molecule has 0 radical (unpaired) electrons. The van der Waals surface area contributed by atoms with E-state index >= 15 is 0 Å². The Labute approximate surface area is 327 Å². The van der Waals surface area contributed by atoms with Crippen LogP contribution in [0, 0.1) is 24.5 Å². The summed E-state index contributed by atoms with van der Waals surface area (Å²) < 4.78 is 6.76. The van der Waals surface area contributed by atoms with Crippen molar-refractivity contribution in [2.45, 2.75) is 0 Å². The van der Waals surface area contributed by atoms with Crippen molar-refractivity contribution in [1.29, 1.82) is 5.26 Å². The zero-order chi connectivity index (χ0) is 38.2. The Bertz CT molecular complexity index is 3560. The second kappa shape index (κ2) is 12.3. The van der Waals surface area contributed by atoms with E-state index in [4.69, 9.17) is 13.1 Å². The van der Waals surface area contributed by atoms with Crippen LogP contribution in [-0.2, 0) is 0 Å². The van der Waals surface area contributed by atoms with Crippen LogP contribution in [0.25, 0.3) is 103 Å². The van der Waals surface area contributed by atoms with Crippen molar-refractivity contribution in [2.24, 2.45) is 0 Å². The summed E-state index contributed by atoms with van der Waals surface area (Å²) in [5.74, 6) is 0. The molecule has 0 saturated heterocycles. The monoisotopic (exact) mass is 724 g/mol. The van der Waals surface area contributed by atoms with E-state index in [0.717, 1.165) is 82.8 Å². The van der Waals surface area contributed by atoms with Gasteiger partial charge in [-0.3, -0.25) is 0 Å². The van der Waals surface area contributed by atoms with Crippen LogP contribution in [0.15, 0.2) is 170 Å². The molecule has 8 aromatic carbocycles. The van der Waals surface area contributed by atoms with Crippen molar-refractivity contribution in [1.82, 2.24) is 13.7 Å². The lowest BCUT2D eigenvalue weighted by Crippen LogP contribution is -1.97. The molecule has 0 fully saturated rings. The highest BCUT2D eigenvalue weighted by Gasteiger charge is 2.18. The van der Waals surface area contributed by atoms with Gasteiger partial charge in [0.05, 0.1) is 57.9 Å². The molecule has 0 spiro atoms. The number of benzene rings is 8. The molecule has 6 nitrogen and oxygen atoms in total. The molecule has 0 amide bonds. The first-order valence-electron chi connectivity index (χ1n) is 18.6. The smallest absolute Gasteiger partial charge is 0.188 e. The molecule has 0 atom stereocenters. The molecule has 0 aliphatic carbocycles. The van der Waals surface area contributed by atoms with E-state index in [0.29, 0.717) is 16.9 Å². The number of nitriles is 1. The van der Waals surface area contributed by atoms with Gasteiger partial charge in [0.1, 0.15) is 0 Å². The Morgan fingerprint density at radius 1 is 0.368 bits per heavy atom. The van der Waals surface area contributed by atoms with Crippen LogP contribution in [0.5, 0.6) is 0 Å². The fourth-order valence-corrected chi connectivity index (χ4v) is 8.77. The lowest BCUT2D eigenvalue weighted by Gasteiger charge is -2.13. The van der Waals surface area contributed by atoms with Crippen LogP contribution >= 0.6 is 0 Å². The summed E-state index contributed by atoms with van der Waals surface area (Å²) in [5, 5.41) is 16.9. The van der Waals surface area contributed by atoms with Crippen molar-refractivity contribution in [2.75, 3.05) is 0 Å². The first-order valence-corrected chi connectivity index (χ1v) is 18.6. The molecule has 0 aliphatic heterocycles. The van der Waals surface area contributed by atoms with E-state index in [1.54, 1.807) is 0 Å². The van der Waals surface area contributed by atoms with Crippen molar-refractivity contribution in [3.8, 4) is 34.3 Å². The number of aromatic nitrogens is 3. The molecule has 0 bridgehead atoms. The summed E-state index contributed by atoms with van der Waals surface area (Å²) in [7, 11) is 0. The fraction of sp³-hybridized carbons (Fsp3) is 0. The maximum atomic E-state index is 10.3. The first-order chi connectivity index (χ1) is 28.1. The highest BCUT2D eigenvalue weighted by atomic mass is 15.0. The van der Waals surface area contributed by atoms with E-state index in [1.165, 1.54) is 10.8 Å². The summed E-state index contributed by atoms with van der Waals surface area (Å²) >= 11 is 0. The quantitative estimate of drug-likeness (QED) is 0.167. The van der Waals surface area contributed by atoms with Gasteiger partial charge < -0.3 is 13.7 Å². The van der Waals surface area contributed by atoms with E-state index in [2.05, 4.69) is 139 Å². The normalized spacial score (nSPS) is 11.5. The molecule has 0 unspecified atom stereocenters. The van der Waals surface area contributed by atoms with Crippen LogP contribution in [0.3, 0.4) is 0 Å². The number of para-hydroxylation sites is 3. The van der Waals surface area contributed by atoms with Gasteiger partial charge in [-0.05, 0) is 113 Å². The third-order valence-corrected chi connectivity index (χ3v) is 11.2. The number of hydrogen-bond acceptors (Lipinski definition) is 1. The van der Waals surface area contributed by atoms with E-state index < -0.39 is 0 Å². The third kappa shape index (κ3) is 4.81. The van der Waals surface area contributed by atoms with Crippen LogP contribution in [0.1, 0.15) is 5.56 Å². The first kappa shape index (κ1) is 32.1. The Morgan fingerprint density at radius 3 is 1.37 bits per heavy atom. The van der Waals surface area contributed by atoms with Crippen molar-refractivity contribution >= 4 is 76.8 Å². The van der Waals surface area contributed by atoms with E-state index in [1.807, 2.05) is 60.7 Å². The van der Waals surface area contributed by atoms with Crippen molar-refractivity contribution in [3.05, 3.63) is 198 Å². The summed E-state index contributed by atoms with van der Waals surface area (Å²) in [5.41, 5.74) is 12.9. The Morgan fingerprint density at radius 2 is 0.807 bits per heavy atom. The highest BCUT2D eigenvalue weighted by molar-refractivity contribution is 6.13. The summed E-state index contributed by atoms with van der Waals surface area (Å²) in [4.78, 5) is 7.46. The summed E-state index contributed by atoms with van der Waals surface area (Å²) in [6, 6.07) is 60.4. The van der Waals surface area contributed by atoms with Crippen molar-refractivity contribution in [3.63, 3.8) is 0 Å². The topological polar surface area (TPSA) is 47.3 Å². The molecular weight excluding hydrogens is 697 g/mol. The number of hydrogen-bond donors (Lipinski definition) is 0. The van der Waals surface area contributed by atoms with Crippen molar-refractivity contribution < 1.29 is 0 Å². The minimum Gasteiger partial charge on any atom is -0.309 e. The molecule has 11 rings (SSSR count). The predicted molar refractivity (Wildman–Crippen MR) is 232 cm³/mol. The SMILES string of the molecule is [C-]#[N+]c1ccc2c(c1)c1ccccc1n2-c1ccc(-c2cc(C#N)cc(-n3c4ccc([N+]#[C-])cc4c4cc(-n5c6ccccc6c6ccccc65)ccc43)c2)cc1. The van der Waals surface area contributed by atoms with Gasteiger partial charge in [0, 0.05) is 38.6 Å². The molecule has 57 heavy (non-hydrogen) atoms. The molecule has 0 N–H and O–H groups in total. The molecule has 262 valence electrons. The molecule has 6 heteroatoms. The maximum Gasteiger partial charge on any atom is 0.188 e. The minimum atomic E-state index is 0.555. The molecular formula is C51H28N6.